The molecule has 6 heteroatoms. The SMILES string of the molecule is Cc1cccc(NC(=O)CCn2ncc3c(Cl)cccc32)n1. The number of pyridine rings is 1. The van der Waals surface area contributed by atoms with E-state index in [1.807, 2.05) is 37.3 Å². The fraction of sp³-hybridized carbons (Fsp3) is 0.188. The summed E-state index contributed by atoms with van der Waals surface area (Å²) in [4.78, 5) is 16.3. The summed E-state index contributed by atoms with van der Waals surface area (Å²) in [6.45, 7) is 2.37. The Morgan fingerprint density at radius 1 is 1.27 bits per heavy atom. The van der Waals surface area contributed by atoms with Gasteiger partial charge in [0.15, 0.2) is 0 Å². The highest BCUT2D eigenvalue weighted by molar-refractivity contribution is 6.35. The van der Waals surface area contributed by atoms with Gasteiger partial charge < -0.3 is 5.32 Å². The third-order valence-corrected chi connectivity index (χ3v) is 3.67. The van der Waals surface area contributed by atoms with Crippen molar-refractivity contribution in [3.8, 4) is 0 Å². The number of carbonyl (C=O) groups is 1. The van der Waals surface area contributed by atoms with Gasteiger partial charge in [-0.1, -0.05) is 23.7 Å². The van der Waals surface area contributed by atoms with Crippen molar-refractivity contribution in [1.29, 1.82) is 0 Å². The molecule has 2 heterocycles. The number of carbonyl (C=O) groups excluding carboxylic acids is 1. The Hall–Kier alpha value is -2.40. The lowest BCUT2D eigenvalue weighted by Gasteiger charge is -2.06. The minimum Gasteiger partial charge on any atom is -0.311 e. The van der Waals surface area contributed by atoms with Gasteiger partial charge in [-0.2, -0.15) is 5.10 Å². The summed E-state index contributed by atoms with van der Waals surface area (Å²) in [6.07, 6.45) is 2.04. The number of anilines is 1. The average molecular weight is 315 g/mol. The largest absolute Gasteiger partial charge is 0.311 e. The van der Waals surface area contributed by atoms with Crippen molar-refractivity contribution in [1.82, 2.24) is 14.8 Å². The molecular weight excluding hydrogens is 300 g/mol. The zero-order valence-electron chi connectivity index (χ0n) is 12.1. The van der Waals surface area contributed by atoms with Crippen molar-refractivity contribution in [2.45, 2.75) is 19.9 Å². The fourth-order valence-corrected chi connectivity index (χ4v) is 2.49. The minimum absolute atomic E-state index is 0.0937. The molecule has 0 aliphatic rings. The maximum atomic E-state index is 12.0. The maximum Gasteiger partial charge on any atom is 0.227 e. The Bertz CT molecular complexity index is 828. The molecule has 112 valence electrons. The number of fused-ring (bicyclic) bond motifs is 1. The molecule has 0 spiro atoms. The van der Waals surface area contributed by atoms with Gasteiger partial charge >= 0.3 is 0 Å². The quantitative estimate of drug-likeness (QED) is 0.802. The van der Waals surface area contributed by atoms with Gasteiger partial charge in [-0.05, 0) is 31.2 Å². The first-order valence-corrected chi connectivity index (χ1v) is 7.35. The van der Waals surface area contributed by atoms with E-state index in [-0.39, 0.29) is 5.91 Å². The van der Waals surface area contributed by atoms with Gasteiger partial charge in [-0.15, -0.1) is 0 Å². The lowest BCUT2D eigenvalue weighted by Crippen LogP contribution is -2.15. The van der Waals surface area contributed by atoms with Gasteiger partial charge in [0.25, 0.3) is 0 Å². The van der Waals surface area contributed by atoms with Crippen LogP contribution in [-0.2, 0) is 11.3 Å². The normalized spacial score (nSPS) is 10.8. The number of aryl methyl sites for hydroxylation is 2. The molecule has 0 saturated heterocycles. The van der Waals surface area contributed by atoms with Gasteiger partial charge in [-0.25, -0.2) is 4.98 Å². The van der Waals surface area contributed by atoms with Crippen LogP contribution in [0, 0.1) is 6.92 Å². The zero-order chi connectivity index (χ0) is 15.5. The molecule has 2 aromatic heterocycles. The van der Waals surface area contributed by atoms with E-state index in [0.717, 1.165) is 16.6 Å². The van der Waals surface area contributed by atoms with Crippen LogP contribution in [0.15, 0.2) is 42.6 Å². The molecule has 0 bridgehead atoms. The third-order valence-electron chi connectivity index (χ3n) is 3.34. The maximum absolute atomic E-state index is 12.0. The van der Waals surface area contributed by atoms with Gasteiger partial charge in [-0.3, -0.25) is 9.48 Å². The van der Waals surface area contributed by atoms with E-state index in [2.05, 4.69) is 15.4 Å². The number of aromatic nitrogens is 3. The Labute approximate surface area is 132 Å². The summed E-state index contributed by atoms with van der Waals surface area (Å²) >= 11 is 6.11. The number of benzene rings is 1. The molecule has 0 fully saturated rings. The molecule has 3 aromatic rings. The molecular formula is C16H15ClN4O. The van der Waals surface area contributed by atoms with E-state index in [4.69, 9.17) is 11.6 Å². The zero-order valence-corrected chi connectivity index (χ0v) is 12.8. The minimum atomic E-state index is -0.0937. The van der Waals surface area contributed by atoms with Crippen LogP contribution in [0.3, 0.4) is 0 Å². The number of amides is 1. The van der Waals surface area contributed by atoms with Crippen molar-refractivity contribution in [3.63, 3.8) is 0 Å². The van der Waals surface area contributed by atoms with Crippen molar-refractivity contribution >= 4 is 34.2 Å². The number of hydrogen-bond acceptors (Lipinski definition) is 3. The first-order valence-electron chi connectivity index (χ1n) is 6.97. The standard InChI is InChI=1S/C16H15ClN4O/c1-11-4-2-7-15(19-11)20-16(22)8-9-21-14-6-3-5-13(17)12(14)10-18-21/h2-7,10H,8-9H2,1H3,(H,19,20,22). The summed E-state index contributed by atoms with van der Waals surface area (Å²) in [5.41, 5.74) is 1.79. The number of hydrogen-bond donors (Lipinski definition) is 1. The van der Waals surface area contributed by atoms with Crippen molar-refractivity contribution in [2.75, 3.05) is 5.32 Å². The van der Waals surface area contributed by atoms with E-state index in [0.29, 0.717) is 23.8 Å². The third kappa shape index (κ3) is 3.09. The molecule has 0 saturated carbocycles. The summed E-state index contributed by atoms with van der Waals surface area (Å²) in [5, 5.41) is 8.63. The number of rotatable bonds is 4. The first-order chi connectivity index (χ1) is 10.6. The highest BCUT2D eigenvalue weighted by atomic mass is 35.5. The molecule has 0 unspecified atom stereocenters. The predicted octanol–water partition coefficient (Wildman–Crippen LogP) is 3.42. The fourth-order valence-electron chi connectivity index (χ4n) is 2.27. The second kappa shape index (κ2) is 6.15. The molecule has 1 aromatic carbocycles. The number of nitrogens with zero attached hydrogens (tertiary/aromatic N) is 3. The smallest absolute Gasteiger partial charge is 0.227 e. The predicted molar refractivity (Wildman–Crippen MR) is 87.0 cm³/mol. The molecule has 0 aliphatic heterocycles. The number of nitrogens with one attached hydrogen (secondary N) is 1. The van der Waals surface area contributed by atoms with Crippen LogP contribution in [0.4, 0.5) is 5.82 Å². The Morgan fingerprint density at radius 2 is 2.09 bits per heavy atom. The van der Waals surface area contributed by atoms with Crippen LogP contribution in [0.1, 0.15) is 12.1 Å². The first kappa shape index (κ1) is 14.5. The molecule has 0 radical (unpaired) electrons. The van der Waals surface area contributed by atoms with Gasteiger partial charge in [0.2, 0.25) is 5.91 Å². The van der Waals surface area contributed by atoms with Crippen LogP contribution < -0.4 is 5.32 Å². The van der Waals surface area contributed by atoms with E-state index in [1.165, 1.54) is 0 Å². The lowest BCUT2D eigenvalue weighted by atomic mass is 10.2. The molecule has 0 aliphatic carbocycles. The van der Waals surface area contributed by atoms with Gasteiger partial charge in [0.05, 0.1) is 23.3 Å². The van der Waals surface area contributed by atoms with Crippen molar-refractivity contribution in [2.24, 2.45) is 0 Å². The summed E-state index contributed by atoms with van der Waals surface area (Å²) in [5.74, 6) is 0.474. The molecule has 5 nitrogen and oxygen atoms in total. The summed E-state index contributed by atoms with van der Waals surface area (Å²) in [6, 6.07) is 11.2. The van der Waals surface area contributed by atoms with Crippen LogP contribution in [-0.4, -0.2) is 20.7 Å². The van der Waals surface area contributed by atoms with Crippen molar-refractivity contribution in [3.05, 3.63) is 53.3 Å². The molecule has 3 rings (SSSR count). The highest BCUT2D eigenvalue weighted by Gasteiger charge is 2.08. The van der Waals surface area contributed by atoms with E-state index in [9.17, 15) is 4.79 Å². The van der Waals surface area contributed by atoms with Crippen molar-refractivity contribution < 1.29 is 4.79 Å². The second-order valence-corrected chi connectivity index (χ2v) is 5.41. The molecule has 0 atom stereocenters. The molecule has 1 N–H and O–H groups in total. The monoisotopic (exact) mass is 314 g/mol. The summed E-state index contributed by atoms with van der Waals surface area (Å²) in [7, 11) is 0. The lowest BCUT2D eigenvalue weighted by molar-refractivity contribution is -0.116. The van der Waals surface area contributed by atoms with E-state index in [1.54, 1.807) is 16.9 Å². The Morgan fingerprint density at radius 3 is 2.91 bits per heavy atom. The van der Waals surface area contributed by atoms with Crippen LogP contribution in [0.5, 0.6) is 0 Å². The number of halogens is 1. The second-order valence-electron chi connectivity index (χ2n) is 5.00. The van der Waals surface area contributed by atoms with Crippen LogP contribution in [0.2, 0.25) is 5.02 Å². The topological polar surface area (TPSA) is 59.8 Å². The average Bonchev–Trinajstić information content (AvgIpc) is 2.90. The summed E-state index contributed by atoms with van der Waals surface area (Å²) < 4.78 is 1.78. The molecule has 22 heavy (non-hydrogen) atoms. The van der Waals surface area contributed by atoms with Crippen LogP contribution in [0.25, 0.3) is 10.9 Å². The Kier molecular flexibility index (Phi) is 4.06. The van der Waals surface area contributed by atoms with Gasteiger partial charge in [0, 0.05) is 17.5 Å². The van der Waals surface area contributed by atoms with Gasteiger partial charge in [0.1, 0.15) is 5.82 Å². The van der Waals surface area contributed by atoms with E-state index >= 15 is 0 Å². The Balaban J connectivity index is 1.66. The van der Waals surface area contributed by atoms with E-state index < -0.39 is 0 Å². The van der Waals surface area contributed by atoms with Crippen LogP contribution >= 0.6 is 11.6 Å². The highest BCUT2D eigenvalue weighted by Crippen LogP contribution is 2.22. The molecule has 1 amide bonds.